The summed E-state index contributed by atoms with van der Waals surface area (Å²) in [4.78, 5) is 13.3. The number of nitrogens with zero attached hydrogens (tertiary/aromatic N) is 5. The van der Waals surface area contributed by atoms with Crippen LogP contribution in [-0.2, 0) is 6.54 Å². The summed E-state index contributed by atoms with van der Waals surface area (Å²) in [6.07, 6.45) is 3.81. The first-order valence-electron chi connectivity index (χ1n) is 9.00. The van der Waals surface area contributed by atoms with Gasteiger partial charge in [0.05, 0.1) is 7.11 Å². The van der Waals surface area contributed by atoms with Gasteiger partial charge >= 0.3 is 0 Å². The van der Waals surface area contributed by atoms with Gasteiger partial charge in [-0.15, -0.1) is 0 Å². The van der Waals surface area contributed by atoms with Crippen LogP contribution in [0, 0.1) is 0 Å². The van der Waals surface area contributed by atoms with Crippen LogP contribution in [0.5, 0.6) is 5.88 Å². The number of halogens is 1. The minimum Gasteiger partial charge on any atom is -0.481 e. The molecule has 0 bridgehead atoms. The molecule has 0 unspecified atom stereocenters. The van der Waals surface area contributed by atoms with Crippen molar-refractivity contribution in [1.82, 2.24) is 20.0 Å². The van der Waals surface area contributed by atoms with Crippen molar-refractivity contribution in [3.63, 3.8) is 0 Å². The SMILES string of the molecule is COc1ccnc(N2CCC(N(C)Cc3noc4ccc(Cl)cc34)CC2)n1. The highest BCUT2D eigenvalue weighted by Crippen LogP contribution is 2.26. The van der Waals surface area contributed by atoms with E-state index in [1.807, 2.05) is 18.2 Å². The molecule has 0 aliphatic carbocycles. The number of benzene rings is 1. The molecule has 1 saturated heterocycles. The average molecular weight is 388 g/mol. The first-order valence-corrected chi connectivity index (χ1v) is 9.38. The highest BCUT2D eigenvalue weighted by atomic mass is 35.5. The molecule has 1 aliphatic rings. The predicted octanol–water partition coefficient (Wildman–Crippen LogP) is 3.38. The van der Waals surface area contributed by atoms with Crippen LogP contribution in [-0.4, -0.2) is 53.3 Å². The van der Waals surface area contributed by atoms with Gasteiger partial charge in [-0.1, -0.05) is 16.8 Å². The molecule has 2 aromatic heterocycles. The topological polar surface area (TPSA) is 67.5 Å². The lowest BCUT2D eigenvalue weighted by Gasteiger charge is -2.36. The van der Waals surface area contributed by atoms with Crippen molar-refractivity contribution >= 4 is 28.5 Å². The zero-order valence-corrected chi connectivity index (χ0v) is 16.2. The molecule has 8 heteroatoms. The van der Waals surface area contributed by atoms with E-state index in [1.165, 1.54) is 0 Å². The fourth-order valence-electron chi connectivity index (χ4n) is 3.55. The summed E-state index contributed by atoms with van der Waals surface area (Å²) in [5.74, 6) is 1.32. The van der Waals surface area contributed by atoms with Gasteiger partial charge in [0.25, 0.3) is 0 Å². The molecule has 1 aromatic carbocycles. The Hall–Kier alpha value is -2.38. The van der Waals surface area contributed by atoms with Crippen LogP contribution in [0.1, 0.15) is 18.5 Å². The Morgan fingerprint density at radius 2 is 2.11 bits per heavy atom. The molecular weight excluding hydrogens is 366 g/mol. The maximum absolute atomic E-state index is 6.12. The first kappa shape index (κ1) is 18.0. The van der Waals surface area contributed by atoms with Gasteiger partial charge in [0.2, 0.25) is 11.8 Å². The number of aromatic nitrogens is 3. The van der Waals surface area contributed by atoms with Crippen LogP contribution >= 0.6 is 11.6 Å². The molecular formula is C19H22ClN5O2. The minimum atomic E-state index is 0.470. The van der Waals surface area contributed by atoms with E-state index in [4.69, 9.17) is 20.9 Å². The molecule has 0 atom stereocenters. The van der Waals surface area contributed by atoms with Crippen LogP contribution in [0.3, 0.4) is 0 Å². The Balaban J connectivity index is 1.39. The normalized spacial score (nSPS) is 15.6. The first-order chi connectivity index (χ1) is 13.1. The third kappa shape index (κ3) is 3.84. The van der Waals surface area contributed by atoms with E-state index in [0.717, 1.165) is 55.1 Å². The maximum atomic E-state index is 6.12. The van der Waals surface area contributed by atoms with Crippen LogP contribution in [0.4, 0.5) is 5.95 Å². The van der Waals surface area contributed by atoms with Gasteiger partial charge in [-0.25, -0.2) is 4.98 Å². The van der Waals surface area contributed by atoms with E-state index < -0.39 is 0 Å². The van der Waals surface area contributed by atoms with Crippen LogP contribution in [0.25, 0.3) is 11.0 Å². The molecule has 142 valence electrons. The van der Waals surface area contributed by atoms with Crippen molar-refractivity contribution in [1.29, 1.82) is 0 Å². The number of rotatable bonds is 5. The number of fused-ring (bicyclic) bond motifs is 1. The van der Waals surface area contributed by atoms with E-state index in [-0.39, 0.29) is 0 Å². The molecule has 0 N–H and O–H groups in total. The third-order valence-electron chi connectivity index (χ3n) is 5.10. The second-order valence-corrected chi connectivity index (χ2v) is 7.24. The summed E-state index contributed by atoms with van der Waals surface area (Å²) in [5.41, 5.74) is 1.70. The number of ether oxygens (including phenoxy) is 1. The van der Waals surface area contributed by atoms with Crippen molar-refractivity contribution < 1.29 is 9.26 Å². The molecule has 0 spiro atoms. The standard InChI is InChI=1S/C19H22ClN5O2/c1-24(12-16-15-11-13(20)3-4-17(15)27-23-16)14-6-9-25(10-7-14)19-21-8-5-18(22-19)26-2/h3-5,8,11,14H,6-7,9-10,12H2,1-2H3. The van der Waals surface area contributed by atoms with Gasteiger partial charge in [0, 0.05) is 48.3 Å². The second kappa shape index (κ2) is 7.70. The quantitative estimate of drug-likeness (QED) is 0.664. The van der Waals surface area contributed by atoms with Gasteiger partial charge < -0.3 is 14.2 Å². The van der Waals surface area contributed by atoms with E-state index in [1.54, 1.807) is 19.4 Å². The molecule has 3 aromatic rings. The van der Waals surface area contributed by atoms with Crippen molar-refractivity contribution in [2.75, 3.05) is 32.1 Å². The lowest BCUT2D eigenvalue weighted by Crippen LogP contribution is -2.43. The number of piperidine rings is 1. The fourth-order valence-corrected chi connectivity index (χ4v) is 3.72. The summed E-state index contributed by atoms with van der Waals surface area (Å²) < 4.78 is 10.6. The molecule has 0 radical (unpaired) electrons. The highest BCUT2D eigenvalue weighted by Gasteiger charge is 2.25. The number of hydrogen-bond acceptors (Lipinski definition) is 7. The van der Waals surface area contributed by atoms with Gasteiger partial charge in [0.15, 0.2) is 5.58 Å². The van der Waals surface area contributed by atoms with Gasteiger partial charge in [-0.2, -0.15) is 4.98 Å². The van der Waals surface area contributed by atoms with Crippen LogP contribution in [0.2, 0.25) is 5.02 Å². The van der Waals surface area contributed by atoms with Gasteiger partial charge in [-0.05, 0) is 38.1 Å². The Morgan fingerprint density at radius 3 is 2.89 bits per heavy atom. The Morgan fingerprint density at radius 1 is 1.30 bits per heavy atom. The van der Waals surface area contributed by atoms with E-state index >= 15 is 0 Å². The highest BCUT2D eigenvalue weighted by molar-refractivity contribution is 6.31. The zero-order valence-electron chi connectivity index (χ0n) is 15.4. The summed E-state index contributed by atoms with van der Waals surface area (Å²) in [6.45, 7) is 2.55. The molecule has 0 amide bonds. The molecule has 1 aliphatic heterocycles. The summed E-state index contributed by atoms with van der Waals surface area (Å²) in [6, 6.07) is 7.83. The minimum absolute atomic E-state index is 0.470. The van der Waals surface area contributed by atoms with E-state index in [0.29, 0.717) is 16.9 Å². The van der Waals surface area contributed by atoms with Crippen molar-refractivity contribution in [2.24, 2.45) is 0 Å². The summed E-state index contributed by atoms with van der Waals surface area (Å²) >= 11 is 6.12. The smallest absolute Gasteiger partial charge is 0.228 e. The van der Waals surface area contributed by atoms with Crippen LogP contribution < -0.4 is 9.64 Å². The third-order valence-corrected chi connectivity index (χ3v) is 5.34. The molecule has 3 heterocycles. The molecule has 7 nitrogen and oxygen atoms in total. The van der Waals surface area contributed by atoms with Gasteiger partial charge in [0.1, 0.15) is 5.69 Å². The summed E-state index contributed by atoms with van der Waals surface area (Å²) in [5, 5.41) is 5.91. The molecule has 4 rings (SSSR count). The largest absolute Gasteiger partial charge is 0.481 e. The van der Waals surface area contributed by atoms with Crippen molar-refractivity contribution in [3.05, 3.63) is 41.2 Å². The average Bonchev–Trinajstić information content (AvgIpc) is 3.10. The van der Waals surface area contributed by atoms with Crippen molar-refractivity contribution in [3.8, 4) is 5.88 Å². The lowest BCUT2D eigenvalue weighted by atomic mass is 10.0. The molecule has 1 fully saturated rings. The van der Waals surface area contributed by atoms with Gasteiger partial charge in [-0.3, -0.25) is 4.90 Å². The van der Waals surface area contributed by atoms with Crippen LogP contribution in [0.15, 0.2) is 35.0 Å². The number of methoxy groups -OCH3 is 1. The molecule has 0 saturated carbocycles. The Kier molecular flexibility index (Phi) is 5.13. The zero-order chi connectivity index (χ0) is 18.8. The predicted molar refractivity (Wildman–Crippen MR) is 104 cm³/mol. The van der Waals surface area contributed by atoms with E-state index in [2.05, 4.69) is 32.0 Å². The second-order valence-electron chi connectivity index (χ2n) is 6.80. The fraction of sp³-hybridized carbons (Fsp3) is 0.421. The Labute approximate surface area is 162 Å². The monoisotopic (exact) mass is 387 g/mol. The van der Waals surface area contributed by atoms with E-state index in [9.17, 15) is 0 Å². The number of hydrogen-bond donors (Lipinski definition) is 0. The van der Waals surface area contributed by atoms with Crippen molar-refractivity contribution in [2.45, 2.75) is 25.4 Å². The number of anilines is 1. The lowest BCUT2D eigenvalue weighted by molar-refractivity contribution is 0.195. The Bertz CT molecular complexity index is 923. The molecule has 27 heavy (non-hydrogen) atoms. The maximum Gasteiger partial charge on any atom is 0.228 e. The summed E-state index contributed by atoms with van der Waals surface area (Å²) in [7, 11) is 3.75.